The molecule has 0 saturated carbocycles. The number of aromatic nitrogens is 1. The summed E-state index contributed by atoms with van der Waals surface area (Å²) >= 11 is 0. The van der Waals surface area contributed by atoms with Crippen LogP contribution in [0.25, 0.3) is 10.9 Å². The zero-order valence-corrected chi connectivity index (χ0v) is 17.3. The van der Waals surface area contributed by atoms with Crippen LogP contribution in [-0.2, 0) is 29.0 Å². The Morgan fingerprint density at radius 1 is 1.13 bits per heavy atom. The Labute approximate surface area is 172 Å². The first kappa shape index (κ1) is 20.7. The molecule has 0 aliphatic heterocycles. The fourth-order valence-electron chi connectivity index (χ4n) is 4.09. The van der Waals surface area contributed by atoms with Crippen LogP contribution < -0.4 is 10.1 Å². The van der Waals surface area contributed by atoms with Crippen LogP contribution in [0.1, 0.15) is 23.1 Å². The highest BCUT2D eigenvalue weighted by Crippen LogP contribution is 2.37. The molecule has 0 radical (unpaired) electrons. The molecular formula is C21H21F3N2O3S. The number of likely N-dealkylation sites (N-methyl/N-ethyl adjacent to an activating group) is 1. The Kier molecular flexibility index (Phi) is 5.06. The fraction of sp³-hybridized carbons (Fsp3) is 0.333. The van der Waals surface area contributed by atoms with Crippen LogP contribution in [0.15, 0.2) is 47.5 Å². The van der Waals surface area contributed by atoms with E-state index >= 15 is 0 Å². The van der Waals surface area contributed by atoms with E-state index < -0.39 is 21.8 Å². The lowest BCUT2D eigenvalue weighted by atomic mass is 9.87. The van der Waals surface area contributed by atoms with Gasteiger partial charge >= 0.3 is 6.18 Å². The smallest absolute Gasteiger partial charge is 0.416 e. The molecule has 1 N–H and O–H groups in total. The third-order valence-corrected chi connectivity index (χ3v) is 7.46. The van der Waals surface area contributed by atoms with Crippen LogP contribution in [0.2, 0.25) is 0 Å². The summed E-state index contributed by atoms with van der Waals surface area (Å²) in [4.78, 5) is 0.0998. The number of ether oxygens (including phenoxy) is 1. The lowest BCUT2D eigenvalue weighted by molar-refractivity contribution is -0.137. The van der Waals surface area contributed by atoms with Crippen LogP contribution in [0.4, 0.5) is 13.2 Å². The number of alkyl halides is 3. The molecule has 160 valence electrons. The molecule has 1 aliphatic rings. The van der Waals surface area contributed by atoms with Gasteiger partial charge in [0.2, 0.25) is 0 Å². The standard InChI is InChI=1S/C21H21F3N2O3S/c1-25-15-5-6-16-17(12-15)19(29-2)7-8-20(16)30(27,28)26-10-9-13-3-4-14(11-18(13)26)21(22,23)24/h3-4,7-11,15,25H,5-6,12H2,1-2H3. The van der Waals surface area contributed by atoms with Gasteiger partial charge in [-0.1, -0.05) is 6.07 Å². The zero-order valence-electron chi connectivity index (χ0n) is 16.5. The minimum Gasteiger partial charge on any atom is -0.496 e. The van der Waals surface area contributed by atoms with Crippen LogP contribution in [0, 0.1) is 0 Å². The van der Waals surface area contributed by atoms with E-state index in [9.17, 15) is 21.6 Å². The van der Waals surface area contributed by atoms with E-state index in [1.807, 2.05) is 7.05 Å². The molecular weight excluding hydrogens is 417 g/mol. The molecule has 0 spiro atoms. The number of hydrogen-bond donors (Lipinski definition) is 1. The normalized spacial score (nSPS) is 17.2. The summed E-state index contributed by atoms with van der Waals surface area (Å²) in [5, 5.41) is 3.63. The van der Waals surface area contributed by atoms with Crippen LogP contribution in [0.5, 0.6) is 5.75 Å². The van der Waals surface area contributed by atoms with Gasteiger partial charge in [0, 0.05) is 23.2 Å². The lowest BCUT2D eigenvalue weighted by Crippen LogP contribution is -2.32. The lowest BCUT2D eigenvalue weighted by Gasteiger charge is -2.27. The molecule has 1 unspecified atom stereocenters. The molecule has 0 bridgehead atoms. The van der Waals surface area contributed by atoms with Gasteiger partial charge in [-0.15, -0.1) is 0 Å². The second kappa shape index (κ2) is 7.31. The monoisotopic (exact) mass is 438 g/mol. The summed E-state index contributed by atoms with van der Waals surface area (Å²) < 4.78 is 72.9. The third-order valence-electron chi connectivity index (χ3n) is 5.69. The summed E-state index contributed by atoms with van der Waals surface area (Å²) in [5.74, 6) is 0.612. The number of benzene rings is 2. The predicted octanol–water partition coefficient (Wildman–Crippen LogP) is 3.98. The van der Waals surface area contributed by atoms with Crippen molar-refractivity contribution in [3.8, 4) is 5.75 Å². The van der Waals surface area contributed by atoms with Crippen molar-refractivity contribution in [1.82, 2.24) is 9.29 Å². The number of fused-ring (bicyclic) bond motifs is 2. The maximum atomic E-state index is 13.5. The molecule has 3 aromatic rings. The van der Waals surface area contributed by atoms with Gasteiger partial charge < -0.3 is 10.1 Å². The number of rotatable bonds is 4. The quantitative estimate of drug-likeness (QED) is 0.670. The SMILES string of the molecule is CNC1CCc2c(S(=O)(=O)n3ccc4ccc(C(F)(F)F)cc43)ccc(OC)c2C1. The molecule has 1 atom stereocenters. The van der Waals surface area contributed by atoms with Gasteiger partial charge in [-0.05, 0) is 62.2 Å². The molecule has 4 rings (SSSR count). The fourth-order valence-corrected chi connectivity index (χ4v) is 5.72. The van der Waals surface area contributed by atoms with E-state index in [2.05, 4.69) is 5.32 Å². The summed E-state index contributed by atoms with van der Waals surface area (Å²) in [7, 11) is -0.715. The van der Waals surface area contributed by atoms with Gasteiger partial charge in [-0.25, -0.2) is 12.4 Å². The minimum atomic E-state index is -4.56. The molecule has 0 fully saturated rings. The number of hydrogen-bond acceptors (Lipinski definition) is 4. The molecule has 5 nitrogen and oxygen atoms in total. The van der Waals surface area contributed by atoms with Gasteiger partial charge in [-0.3, -0.25) is 0 Å². The van der Waals surface area contributed by atoms with Gasteiger partial charge in [0.05, 0.1) is 23.1 Å². The van der Waals surface area contributed by atoms with E-state index in [0.29, 0.717) is 29.5 Å². The Morgan fingerprint density at radius 3 is 2.57 bits per heavy atom. The summed E-state index contributed by atoms with van der Waals surface area (Å²) in [6.07, 6.45) is -1.36. The molecule has 0 amide bonds. The van der Waals surface area contributed by atoms with Crippen molar-refractivity contribution in [3.05, 3.63) is 59.3 Å². The van der Waals surface area contributed by atoms with Crippen molar-refractivity contribution < 1.29 is 26.3 Å². The Hall–Kier alpha value is -2.52. The Bertz CT molecular complexity index is 1220. The van der Waals surface area contributed by atoms with Gasteiger partial charge in [-0.2, -0.15) is 13.2 Å². The highest BCUT2D eigenvalue weighted by Gasteiger charge is 2.33. The number of methoxy groups -OCH3 is 1. The Balaban J connectivity index is 1.90. The summed E-state index contributed by atoms with van der Waals surface area (Å²) in [6.45, 7) is 0. The third kappa shape index (κ3) is 3.35. The maximum absolute atomic E-state index is 13.5. The molecule has 1 heterocycles. The second-order valence-corrected chi connectivity index (χ2v) is 9.12. The number of halogens is 3. The van der Waals surface area contributed by atoms with E-state index in [0.717, 1.165) is 28.1 Å². The van der Waals surface area contributed by atoms with Crippen molar-refractivity contribution >= 4 is 20.9 Å². The average Bonchev–Trinajstić information content (AvgIpc) is 3.16. The van der Waals surface area contributed by atoms with Crippen molar-refractivity contribution in [1.29, 1.82) is 0 Å². The summed E-state index contributed by atoms with van der Waals surface area (Å²) in [5.41, 5.74) is 0.586. The first-order valence-electron chi connectivity index (χ1n) is 9.46. The predicted molar refractivity (Wildman–Crippen MR) is 107 cm³/mol. The number of nitrogens with one attached hydrogen (secondary N) is 1. The van der Waals surface area contributed by atoms with Crippen LogP contribution in [0.3, 0.4) is 0 Å². The molecule has 1 aromatic heterocycles. The van der Waals surface area contributed by atoms with Crippen LogP contribution in [-0.4, -0.2) is 32.6 Å². The van der Waals surface area contributed by atoms with Crippen molar-refractivity contribution in [2.24, 2.45) is 0 Å². The number of nitrogens with zero attached hydrogens (tertiary/aromatic N) is 1. The largest absolute Gasteiger partial charge is 0.496 e. The molecule has 1 aliphatic carbocycles. The van der Waals surface area contributed by atoms with Gasteiger partial charge in [0.25, 0.3) is 10.0 Å². The first-order chi connectivity index (χ1) is 14.2. The van der Waals surface area contributed by atoms with Gasteiger partial charge in [0.1, 0.15) is 5.75 Å². The average molecular weight is 438 g/mol. The van der Waals surface area contributed by atoms with Crippen molar-refractivity contribution in [2.75, 3.05) is 14.2 Å². The van der Waals surface area contributed by atoms with Gasteiger partial charge in [0.15, 0.2) is 0 Å². The van der Waals surface area contributed by atoms with E-state index in [1.165, 1.54) is 31.5 Å². The second-order valence-electron chi connectivity index (χ2n) is 7.34. The molecule has 30 heavy (non-hydrogen) atoms. The van der Waals surface area contributed by atoms with Crippen LogP contribution >= 0.6 is 0 Å². The molecule has 9 heteroatoms. The van der Waals surface area contributed by atoms with Crippen molar-refractivity contribution in [2.45, 2.75) is 36.4 Å². The topological polar surface area (TPSA) is 60.3 Å². The van der Waals surface area contributed by atoms with E-state index in [4.69, 9.17) is 4.74 Å². The first-order valence-corrected chi connectivity index (χ1v) is 10.9. The minimum absolute atomic E-state index is 0.00157. The zero-order chi connectivity index (χ0) is 21.7. The van der Waals surface area contributed by atoms with E-state index in [-0.39, 0.29) is 16.5 Å². The highest BCUT2D eigenvalue weighted by molar-refractivity contribution is 7.90. The maximum Gasteiger partial charge on any atom is 0.416 e. The van der Waals surface area contributed by atoms with E-state index in [1.54, 1.807) is 6.07 Å². The van der Waals surface area contributed by atoms with Crippen molar-refractivity contribution in [3.63, 3.8) is 0 Å². The summed E-state index contributed by atoms with van der Waals surface area (Å²) in [6, 6.07) is 7.89. The Morgan fingerprint density at radius 2 is 1.90 bits per heavy atom. The molecule has 0 saturated heterocycles. The molecule has 2 aromatic carbocycles. The highest BCUT2D eigenvalue weighted by atomic mass is 32.2.